The third-order valence-corrected chi connectivity index (χ3v) is 3.54. The fourth-order valence-corrected chi connectivity index (χ4v) is 2.42. The number of nitrogens with two attached hydrogens (primary N) is 1. The maximum Gasteiger partial charge on any atom is 0.330 e. The Morgan fingerprint density at radius 2 is 2.05 bits per heavy atom. The van der Waals surface area contributed by atoms with E-state index in [4.69, 9.17) is 10.5 Å². The number of rotatable bonds is 4. The average molecular weight is 265 g/mol. The summed E-state index contributed by atoms with van der Waals surface area (Å²) in [5.41, 5.74) is 5.81. The van der Waals surface area contributed by atoms with Crippen LogP contribution in [0.25, 0.3) is 0 Å². The van der Waals surface area contributed by atoms with Crippen molar-refractivity contribution in [2.45, 2.75) is 44.1 Å². The Labute approximate surface area is 112 Å². The number of nitrogens with zero attached hydrogens (tertiary/aromatic N) is 2. The molecule has 1 aromatic rings. The normalized spacial score (nSPS) is 18.6. The van der Waals surface area contributed by atoms with E-state index in [1.165, 1.54) is 31.2 Å². The van der Waals surface area contributed by atoms with Crippen molar-refractivity contribution in [1.29, 1.82) is 0 Å². The van der Waals surface area contributed by atoms with Crippen LogP contribution >= 0.6 is 0 Å². The first-order valence-corrected chi connectivity index (χ1v) is 6.62. The standard InChI is InChI=1S/C13H19N3O3/c14-13(7-3-1-2-4-8-13)10-19-12-11(16(17)18)6-5-9-15-12/h5-6,9H,1-4,7-8,10,14H2. The minimum atomic E-state index is -0.487. The van der Waals surface area contributed by atoms with E-state index in [9.17, 15) is 10.1 Å². The molecule has 1 aromatic heterocycles. The van der Waals surface area contributed by atoms with Gasteiger partial charge in [0.25, 0.3) is 5.88 Å². The first-order chi connectivity index (χ1) is 9.11. The van der Waals surface area contributed by atoms with Crippen molar-refractivity contribution >= 4 is 5.69 Å². The molecule has 0 spiro atoms. The predicted octanol–water partition coefficient (Wildman–Crippen LogP) is 2.42. The fraction of sp³-hybridized carbons (Fsp3) is 0.615. The Balaban J connectivity index is 2.03. The zero-order chi connectivity index (χ0) is 13.7. The van der Waals surface area contributed by atoms with Gasteiger partial charge in [-0.1, -0.05) is 25.7 Å². The minimum Gasteiger partial charge on any atom is -0.471 e. The first-order valence-electron chi connectivity index (χ1n) is 6.62. The smallest absolute Gasteiger partial charge is 0.330 e. The third-order valence-electron chi connectivity index (χ3n) is 3.54. The van der Waals surface area contributed by atoms with Gasteiger partial charge in [-0.3, -0.25) is 10.1 Å². The molecule has 1 heterocycles. The summed E-state index contributed by atoms with van der Waals surface area (Å²) in [5.74, 6) is 0.0570. The Hall–Kier alpha value is -1.69. The van der Waals surface area contributed by atoms with Crippen molar-refractivity contribution in [3.63, 3.8) is 0 Å². The topological polar surface area (TPSA) is 91.3 Å². The van der Waals surface area contributed by atoms with Crippen LogP contribution in [-0.2, 0) is 0 Å². The van der Waals surface area contributed by atoms with Crippen molar-refractivity contribution in [3.8, 4) is 5.88 Å². The van der Waals surface area contributed by atoms with E-state index in [0.717, 1.165) is 25.7 Å². The molecule has 0 radical (unpaired) electrons. The molecular weight excluding hydrogens is 246 g/mol. The maximum atomic E-state index is 10.9. The lowest BCUT2D eigenvalue weighted by atomic mass is 9.93. The zero-order valence-corrected chi connectivity index (χ0v) is 10.9. The van der Waals surface area contributed by atoms with Gasteiger partial charge in [-0.15, -0.1) is 0 Å². The molecule has 104 valence electrons. The lowest BCUT2D eigenvalue weighted by molar-refractivity contribution is -0.386. The summed E-state index contributed by atoms with van der Waals surface area (Å²) < 4.78 is 5.52. The largest absolute Gasteiger partial charge is 0.471 e. The number of ether oxygens (including phenoxy) is 1. The van der Waals surface area contributed by atoms with Gasteiger partial charge in [0.05, 0.1) is 10.5 Å². The number of hydrogen-bond donors (Lipinski definition) is 1. The molecule has 1 aliphatic rings. The number of hydrogen-bond acceptors (Lipinski definition) is 5. The second-order valence-corrected chi connectivity index (χ2v) is 5.15. The molecule has 19 heavy (non-hydrogen) atoms. The van der Waals surface area contributed by atoms with Gasteiger partial charge < -0.3 is 10.5 Å². The third kappa shape index (κ3) is 3.64. The Kier molecular flexibility index (Phi) is 4.31. The van der Waals surface area contributed by atoms with Crippen LogP contribution in [0.15, 0.2) is 18.3 Å². The molecule has 2 N–H and O–H groups in total. The second kappa shape index (κ2) is 5.97. The summed E-state index contributed by atoms with van der Waals surface area (Å²) in [7, 11) is 0. The highest BCUT2D eigenvalue weighted by Crippen LogP contribution is 2.28. The average Bonchev–Trinajstić information content (AvgIpc) is 2.62. The molecule has 0 saturated heterocycles. The van der Waals surface area contributed by atoms with E-state index < -0.39 is 4.92 Å². The molecule has 0 aromatic carbocycles. The summed E-state index contributed by atoms with van der Waals surface area (Å²) in [6, 6.07) is 2.91. The molecule has 0 aliphatic heterocycles. The molecule has 0 amide bonds. The molecule has 2 rings (SSSR count). The van der Waals surface area contributed by atoms with Crippen LogP contribution in [0.2, 0.25) is 0 Å². The van der Waals surface area contributed by atoms with Gasteiger partial charge in [-0.05, 0) is 18.9 Å². The van der Waals surface area contributed by atoms with Gasteiger partial charge in [0.15, 0.2) is 0 Å². The van der Waals surface area contributed by atoms with E-state index in [2.05, 4.69) is 4.98 Å². The van der Waals surface area contributed by atoms with Crippen LogP contribution in [-0.4, -0.2) is 22.1 Å². The van der Waals surface area contributed by atoms with Crippen LogP contribution in [0.4, 0.5) is 5.69 Å². The highest BCUT2D eigenvalue weighted by molar-refractivity contribution is 5.39. The molecule has 0 unspecified atom stereocenters. The van der Waals surface area contributed by atoms with Crippen LogP contribution in [0.5, 0.6) is 5.88 Å². The van der Waals surface area contributed by atoms with Crippen molar-refractivity contribution in [1.82, 2.24) is 4.98 Å². The number of pyridine rings is 1. The molecular formula is C13H19N3O3. The molecule has 1 saturated carbocycles. The Morgan fingerprint density at radius 3 is 2.68 bits per heavy atom. The van der Waals surface area contributed by atoms with Gasteiger partial charge in [0, 0.05) is 12.3 Å². The van der Waals surface area contributed by atoms with Gasteiger partial charge >= 0.3 is 5.69 Å². The monoisotopic (exact) mass is 265 g/mol. The maximum absolute atomic E-state index is 10.9. The van der Waals surface area contributed by atoms with Crippen molar-refractivity contribution in [3.05, 3.63) is 28.4 Å². The molecule has 1 aliphatic carbocycles. The molecule has 0 atom stereocenters. The van der Waals surface area contributed by atoms with Crippen LogP contribution < -0.4 is 10.5 Å². The summed E-state index contributed by atoms with van der Waals surface area (Å²) in [6.07, 6.45) is 7.85. The van der Waals surface area contributed by atoms with Crippen LogP contribution in [0.1, 0.15) is 38.5 Å². The number of aromatic nitrogens is 1. The quantitative estimate of drug-likeness (QED) is 0.513. The Bertz CT molecular complexity index is 443. The summed E-state index contributed by atoms with van der Waals surface area (Å²) in [6.45, 7) is 0.283. The predicted molar refractivity (Wildman–Crippen MR) is 71.0 cm³/mol. The van der Waals surface area contributed by atoms with Gasteiger partial charge in [-0.2, -0.15) is 0 Å². The Morgan fingerprint density at radius 1 is 1.37 bits per heavy atom. The van der Waals surface area contributed by atoms with Gasteiger partial charge in [-0.25, -0.2) is 4.98 Å². The molecule has 6 heteroatoms. The van der Waals surface area contributed by atoms with E-state index in [1.807, 2.05) is 0 Å². The highest BCUT2D eigenvalue weighted by atomic mass is 16.6. The lowest BCUT2D eigenvalue weighted by Gasteiger charge is -2.27. The van der Waals surface area contributed by atoms with Crippen molar-refractivity contribution in [2.75, 3.05) is 6.61 Å². The fourth-order valence-electron chi connectivity index (χ4n) is 2.42. The SMILES string of the molecule is NC1(COc2ncccc2[N+](=O)[O-])CCCCCC1. The minimum absolute atomic E-state index is 0.0570. The first kappa shape index (κ1) is 13.7. The van der Waals surface area contributed by atoms with E-state index in [-0.39, 0.29) is 23.7 Å². The van der Waals surface area contributed by atoms with E-state index in [0.29, 0.717) is 0 Å². The summed E-state index contributed by atoms with van der Waals surface area (Å²) in [4.78, 5) is 14.3. The lowest BCUT2D eigenvalue weighted by Crippen LogP contribution is -2.45. The van der Waals surface area contributed by atoms with Crippen LogP contribution in [0, 0.1) is 10.1 Å². The second-order valence-electron chi connectivity index (χ2n) is 5.15. The van der Waals surface area contributed by atoms with Gasteiger partial charge in [0.1, 0.15) is 6.61 Å². The summed E-state index contributed by atoms with van der Waals surface area (Å²) >= 11 is 0. The highest BCUT2D eigenvalue weighted by Gasteiger charge is 2.28. The summed E-state index contributed by atoms with van der Waals surface area (Å²) in [5, 5.41) is 10.9. The number of nitro groups is 1. The van der Waals surface area contributed by atoms with E-state index >= 15 is 0 Å². The molecule has 0 bridgehead atoms. The van der Waals surface area contributed by atoms with Crippen LogP contribution in [0.3, 0.4) is 0 Å². The van der Waals surface area contributed by atoms with Crippen molar-refractivity contribution < 1.29 is 9.66 Å². The zero-order valence-electron chi connectivity index (χ0n) is 10.9. The molecule has 6 nitrogen and oxygen atoms in total. The van der Waals surface area contributed by atoms with Crippen molar-refractivity contribution in [2.24, 2.45) is 5.73 Å². The van der Waals surface area contributed by atoms with E-state index in [1.54, 1.807) is 0 Å². The molecule has 1 fully saturated rings. The van der Waals surface area contributed by atoms with Gasteiger partial charge in [0.2, 0.25) is 0 Å².